The average Bonchev–Trinajstić information content (AvgIpc) is 2.94. The molecule has 0 amide bonds. The Morgan fingerprint density at radius 2 is 1.93 bits per heavy atom. The lowest BCUT2D eigenvalue weighted by Gasteiger charge is -2.11. The third-order valence-electron chi connectivity index (χ3n) is 1.94. The smallest absolute Gasteiger partial charge is 0.316 e. The maximum Gasteiger partial charge on any atom is 0.316 e. The molecule has 0 aromatic heterocycles. The van der Waals surface area contributed by atoms with Crippen LogP contribution >= 0.6 is 0 Å². The average molecular weight is 220 g/mol. The highest BCUT2D eigenvalue weighted by molar-refractivity contribution is 6.02. The number of carbonyl (C=O) groups is 2. The fourth-order valence-corrected chi connectivity index (χ4v) is 1.13. The molecule has 1 aliphatic rings. The Hall–Kier alpha value is -1.02. The Kier molecular flexibility index (Phi) is 3.75. The summed E-state index contributed by atoms with van der Waals surface area (Å²) < 4.78 is 9.33. The van der Waals surface area contributed by atoms with Gasteiger partial charge in [0.25, 0.3) is 0 Å². The van der Waals surface area contributed by atoms with Gasteiger partial charge in [0.05, 0.1) is 6.61 Å². The zero-order valence-electron chi connectivity index (χ0n) is 8.39. The van der Waals surface area contributed by atoms with Crippen LogP contribution in [0, 0.1) is 5.92 Å². The van der Waals surface area contributed by atoms with Crippen molar-refractivity contribution in [3.05, 3.63) is 0 Å². The number of aliphatic carboxylic acids is 1. The van der Waals surface area contributed by atoms with Crippen LogP contribution in [-0.4, -0.2) is 50.1 Å². The largest absolute Gasteiger partial charge is 0.481 e. The summed E-state index contributed by atoms with van der Waals surface area (Å²) in [5.41, 5.74) is 0. The van der Waals surface area contributed by atoms with Crippen LogP contribution in [0.15, 0.2) is 0 Å². The van der Waals surface area contributed by atoms with Gasteiger partial charge in [-0.05, 0) is 0 Å². The number of rotatable bonds is 7. The quantitative estimate of drug-likeness (QED) is 0.341. The van der Waals surface area contributed by atoms with Gasteiger partial charge in [-0.1, -0.05) is 0 Å². The maximum absolute atomic E-state index is 11.7. The topological polar surface area (TPSA) is 97.9 Å². The van der Waals surface area contributed by atoms with Crippen molar-refractivity contribution in [2.45, 2.75) is 5.79 Å². The highest BCUT2D eigenvalue weighted by Crippen LogP contribution is 2.33. The van der Waals surface area contributed by atoms with Crippen LogP contribution in [0.5, 0.6) is 0 Å². The fraction of sp³-hybridized carbons (Fsp3) is 0.750. The van der Waals surface area contributed by atoms with Crippen LogP contribution in [0.25, 0.3) is 0 Å². The third kappa shape index (κ3) is 2.51. The molecule has 1 fully saturated rings. The Balaban J connectivity index is 2.68. The van der Waals surface area contributed by atoms with Gasteiger partial charge >= 0.3 is 11.8 Å². The molecule has 1 unspecified atom stereocenters. The first-order chi connectivity index (χ1) is 7.07. The summed E-state index contributed by atoms with van der Waals surface area (Å²) in [4.78, 5) is 31.4. The zero-order chi connectivity index (χ0) is 11.5. The van der Waals surface area contributed by atoms with Gasteiger partial charge in [0.15, 0.2) is 0 Å². The minimum Gasteiger partial charge on any atom is -0.481 e. The second-order valence-corrected chi connectivity index (χ2v) is 3.06. The highest BCUT2D eigenvalue weighted by atomic mass is 17.4. The predicted octanol–water partition coefficient (Wildman–Crippen LogP) is -0.793. The summed E-state index contributed by atoms with van der Waals surface area (Å²) >= 11 is 0. The van der Waals surface area contributed by atoms with Gasteiger partial charge in [-0.3, -0.25) is 9.59 Å². The number of ether oxygens (including phenoxy) is 2. The summed E-state index contributed by atoms with van der Waals surface area (Å²) in [6.07, 6.45) is 0. The molecule has 0 aliphatic carbocycles. The second-order valence-electron chi connectivity index (χ2n) is 3.06. The molecule has 1 N–H and O–H groups in total. The number of carboxylic acid groups (broad SMARTS) is 1. The molecular weight excluding hydrogens is 208 g/mol. The molecule has 1 heterocycles. The SMILES string of the molecule is COCC(C(=O)O)C(=O)C1(COC)OO1. The van der Waals surface area contributed by atoms with E-state index in [9.17, 15) is 9.59 Å². The van der Waals surface area contributed by atoms with E-state index >= 15 is 0 Å². The van der Waals surface area contributed by atoms with E-state index in [0.29, 0.717) is 0 Å². The minimum absolute atomic E-state index is 0.140. The van der Waals surface area contributed by atoms with Gasteiger partial charge in [0, 0.05) is 14.2 Å². The predicted molar refractivity (Wildman–Crippen MR) is 44.8 cm³/mol. The maximum atomic E-state index is 11.7. The van der Waals surface area contributed by atoms with Crippen molar-refractivity contribution >= 4 is 11.8 Å². The van der Waals surface area contributed by atoms with E-state index in [1.54, 1.807) is 0 Å². The molecule has 15 heavy (non-hydrogen) atoms. The first kappa shape index (κ1) is 12.1. The number of hydrogen-bond donors (Lipinski definition) is 1. The number of Topliss-reactive ketones (excluding diaryl/α,β-unsaturated/α-hetero) is 1. The van der Waals surface area contributed by atoms with E-state index in [1.807, 2.05) is 0 Å². The lowest BCUT2D eigenvalue weighted by Crippen LogP contribution is -2.40. The lowest BCUT2D eigenvalue weighted by molar-refractivity contribution is -0.151. The third-order valence-corrected chi connectivity index (χ3v) is 1.94. The van der Waals surface area contributed by atoms with Gasteiger partial charge in [0.2, 0.25) is 5.78 Å². The zero-order valence-corrected chi connectivity index (χ0v) is 8.39. The number of hydrogen-bond acceptors (Lipinski definition) is 6. The minimum atomic E-state index is -1.56. The second kappa shape index (κ2) is 4.67. The first-order valence-corrected chi connectivity index (χ1v) is 4.19. The molecule has 0 spiro atoms. The van der Waals surface area contributed by atoms with E-state index in [2.05, 4.69) is 14.5 Å². The molecule has 0 radical (unpaired) electrons. The van der Waals surface area contributed by atoms with Gasteiger partial charge in [0.1, 0.15) is 12.5 Å². The van der Waals surface area contributed by atoms with E-state index in [4.69, 9.17) is 9.84 Å². The molecule has 1 aliphatic heterocycles. The molecule has 7 heteroatoms. The lowest BCUT2D eigenvalue weighted by atomic mass is 9.99. The summed E-state index contributed by atoms with van der Waals surface area (Å²) in [5, 5.41) is 8.78. The monoisotopic (exact) mass is 220 g/mol. The Morgan fingerprint density at radius 3 is 2.27 bits per heavy atom. The van der Waals surface area contributed by atoms with Crippen LogP contribution in [0.2, 0.25) is 0 Å². The van der Waals surface area contributed by atoms with Crippen molar-refractivity contribution in [3.8, 4) is 0 Å². The molecule has 1 atom stereocenters. The van der Waals surface area contributed by atoms with Gasteiger partial charge in [-0.2, -0.15) is 9.78 Å². The van der Waals surface area contributed by atoms with Crippen LogP contribution in [0.1, 0.15) is 0 Å². The Labute approximate surface area is 85.8 Å². The van der Waals surface area contributed by atoms with Gasteiger partial charge in [-0.25, -0.2) is 0 Å². The van der Waals surface area contributed by atoms with E-state index in [0.717, 1.165) is 0 Å². The molecule has 0 saturated carbocycles. The molecule has 0 bridgehead atoms. The molecule has 1 saturated heterocycles. The van der Waals surface area contributed by atoms with Crippen molar-refractivity contribution in [2.24, 2.45) is 5.92 Å². The van der Waals surface area contributed by atoms with Crippen molar-refractivity contribution in [2.75, 3.05) is 27.4 Å². The Bertz CT molecular complexity index is 258. The number of carboxylic acids is 1. The van der Waals surface area contributed by atoms with Crippen LogP contribution in [0.3, 0.4) is 0 Å². The fourth-order valence-electron chi connectivity index (χ4n) is 1.13. The summed E-state index contributed by atoms with van der Waals surface area (Å²) in [6, 6.07) is 0. The van der Waals surface area contributed by atoms with Crippen molar-refractivity contribution in [1.82, 2.24) is 0 Å². The molecule has 1 rings (SSSR count). The number of ketones is 1. The first-order valence-electron chi connectivity index (χ1n) is 4.19. The van der Waals surface area contributed by atoms with E-state index in [-0.39, 0.29) is 13.2 Å². The van der Waals surface area contributed by atoms with Crippen LogP contribution in [-0.2, 0) is 28.8 Å². The van der Waals surface area contributed by atoms with E-state index < -0.39 is 23.5 Å². The van der Waals surface area contributed by atoms with Crippen molar-refractivity contribution in [1.29, 1.82) is 0 Å². The number of methoxy groups -OCH3 is 2. The van der Waals surface area contributed by atoms with Crippen LogP contribution < -0.4 is 0 Å². The molecule has 0 aromatic carbocycles. The Morgan fingerprint density at radius 1 is 1.33 bits per heavy atom. The summed E-state index contributed by atoms with van der Waals surface area (Å²) in [6.45, 7) is -0.369. The highest BCUT2D eigenvalue weighted by Gasteiger charge is 2.60. The normalized spacial score (nSPS) is 19.6. The van der Waals surface area contributed by atoms with Crippen molar-refractivity contribution in [3.63, 3.8) is 0 Å². The standard InChI is InChI=1S/C8H12O7/c1-12-3-5(7(10)11)6(9)8(4-13-2)14-15-8/h5H,3-4H2,1-2H3,(H,10,11). The van der Waals surface area contributed by atoms with Crippen LogP contribution in [0.4, 0.5) is 0 Å². The van der Waals surface area contributed by atoms with Crippen molar-refractivity contribution < 1.29 is 33.9 Å². The molecular formula is C8H12O7. The summed E-state index contributed by atoms with van der Waals surface area (Å²) in [7, 11) is 2.66. The molecule has 7 nitrogen and oxygen atoms in total. The molecule has 86 valence electrons. The summed E-state index contributed by atoms with van der Waals surface area (Å²) in [5.74, 6) is -4.86. The molecule has 0 aromatic rings. The van der Waals surface area contributed by atoms with E-state index in [1.165, 1.54) is 14.2 Å². The van der Waals surface area contributed by atoms with Gasteiger partial charge < -0.3 is 14.6 Å². The number of carbonyl (C=O) groups excluding carboxylic acids is 1. The van der Waals surface area contributed by atoms with Gasteiger partial charge in [-0.15, -0.1) is 0 Å².